The fourth-order valence-corrected chi connectivity index (χ4v) is 5.45. The molecule has 4 rings (SSSR count). The highest BCUT2D eigenvalue weighted by atomic mass is 32.1. The summed E-state index contributed by atoms with van der Waals surface area (Å²) < 4.78 is 5.31. The average Bonchev–Trinajstić information content (AvgIpc) is 3.05. The van der Waals surface area contributed by atoms with Crippen molar-refractivity contribution in [2.75, 3.05) is 25.5 Å². The van der Waals surface area contributed by atoms with Crippen molar-refractivity contribution in [2.45, 2.75) is 38.6 Å². The van der Waals surface area contributed by atoms with Crippen LogP contribution in [0.15, 0.2) is 18.2 Å². The standard InChI is InChI=1S/C21H25N3O3S/c1-27-15-7-6-13-8-9-24(11-14(13)10-15)12-18(25)23-21-19(20(22)26)16-4-2-3-5-17(16)28-21/h6-7,10H,2-5,8-9,11-12H2,1H3,(H2,22,26)(H,23,25). The number of fused-ring (bicyclic) bond motifs is 2. The number of hydrogen-bond acceptors (Lipinski definition) is 5. The minimum Gasteiger partial charge on any atom is -0.497 e. The van der Waals surface area contributed by atoms with E-state index in [2.05, 4.69) is 16.3 Å². The molecule has 0 saturated heterocycles. The van der Waals surface area contributed by atoms with Gasteiger partial charge in [-0.25, -0.2) is 0 Å². The first-order valence-electron chi connectivity index (χ1n) is 9.67. The minimum atomic E-state index is -0.450. The number of primary amides is 1. The van der Waals surface area contributed by atoms with Crippen molar-refractivity contribution < 1.29 is 14.3 Å². The van der Waals surface area contributed by atoms with Gasteiger partial charge in [-0.2, -0.15) is 0 Å². The van der Waals surface area contributed by atoms with Crippen LogP contribution in [-0.4, -0.2) is 36.9 Å². The largest absolute Gasteiger partial charge is 0.497 e. The molecule has 6 nitrogen and oxygen atoms in total. The molecule has 0 atom stereocenters. The molecule has 0 fully saturated rings. The molecule has 1 aliphatic carbocycles. The fraction of sp³-hybridized carbons (Fsp3) is 0.429. The Morgan fingerprint density at radius 1 is 1.21 bits per heavy atom. The number of amides is 2. The molecule has 2 amide bonds. The van der Waals surface area contributed by atoms with E-state index in [1.54, 1.807) is 7.11 Å². The predicted molar refractivity (Wildman–Crippen MR) is 110 cm³/mol. The van der Waals surface area contributed by atoms with Crippen LogP contribution in [-0.2, 0) is 30.6 Å². The Kier molecular flexibility index (Phi) is 5.37. The number of ether oxygens (including phenoxy) is 1. The second-order valence-electron chi connectivity index (χ2n) is 7.42. The number of aryl methyl sites for hydroxylation is 1. The summed E-state index contributed by atoms with van der Waals surface area (Å²) in [5, 5.41) is 3.57. The smallest absolute Gasteiger partial charge is 0.251 e. The van der Waals surface area contributed by atoms with Gasteiger partial charge in [-0.1, -0.05) is 6.07 Å². The number of carbonyl (C=O) groups is 2. The molecule has 7 heteroatoms. The van der Waals surface area contributed by atoms with Gasteiger partial charge >= 0.3 is 0 Å². The highest BCUT2D eigenvalue weighted by Crippen LogP contribution is 2.37. The van der Waals surface area contributed by atoms with Crippen LogP contribution in [0.1, 0.15) is 44.8 Å². The van der Waals surface area contributed by atoms with E-state index in [0.717, 1.165) is 50.0 Å². The minimum absolute atomic E-state index is 0.104. The number of rotatable bonds is 5. The van der Waals surface area contributed by atoms with Crippen molar-refractivity contribution in [3.05, 3.63) is 45.3 Å². The van der Waals surface area contributed by atoms with Crippen molar-refractivity contribution in [3.8, 4) is 5.75 Å². The summed E-state index contributed by atoms with van der Waals surface area (Å²) in [4.78, 5) is 28.0. The Morgan fingerprint density at radius 2 is 2.04 bits per heavy atom. The van der Waals surface area contributed by atoms with Gasteiger partial charge < -0.3 is 15.8 Å². The molecule has 2 heterocycles. The number of nitrogens with two attached hydrogens (primary N) is 1. The highest BCUT2D eigenvalue weighted by molar-refractivity contribution is 7.17. The van der Waals surface area contributed by atoms with E-state index in [-0.39, 0.29) is 12.5 Å². The molecule has 2 aliphatic rings. The molecule has 2 aromatic rings. The Labute approximate surface area is 168 Å². The van der Waals surface area contributed by atoms with Gasteiger partial charge in [-0.3, -0.25) is 14.5 Å². The highest BCUT2D eigenvalue weighted by Gasteiger charge is 2.26. The lowest BCUT2D eigenvalue weighted by molar-refractivity contribution is -0.117. The van der Waals surface area contributed by atoms with Crippen LogP contribution in [0.25, 0.3) is 0 Å². The van der Waals surface area contributed by atoms with E-state index in [0.29, 0.717) is 17.1 Å². The van der Waals surface area contributed by atoms with Crippen molar-refractivity contribution in [3.63, 3.8) is 0 Å². The van der Waals surface area contributed by atoms with Gasteiger partial charge in [0.2, 0.25) is 5.91 Å². The summed E-state index contributed by atoms with van der Waals surface area (Å²) in [6.45, 7) is 1.83. The van der Waals surface area contributed by atoms with Gasteiger partial charge in [-0.05, 0) is 60.9 Å². The maximum absolute atomic E-state index is 12.7. The number of anilines is 1. The molecule has 3 N–H and O–H groups in total. The summed E-state index contributed by atoms with van der Waals surface area (Å²) in [5.41, 5.74) is 9.68. The summed E-state index contributed by atoms with van der Waals surface area (Å²) >= 11 is 1.51. The second kappa shape index (κ2) is 7.93. The lowest BCUT2D eigenvalue weighted by atomic mass is 9.95. The molecule has 1 aromatic carbocycles. The third kappa shape index (κ3) is 3.77. The van der Waals surface area contributed by atoms with Crippen LogP contribution >= 0.6 is 11.3 Å². The first kappa shape index (κ1) is 19.0. The van der Waals surface area contributed by atoms with E-state index >= 15 is 0 Å². The summed E-state index contributed by atoms with van der Waals surface area (Å²) in [7, 11) is 1.66. The number of carbonyl (C=O) groups excluding carboxylic acids is 2. The third-order valence-electron chi connectivity index (χ3n) is 5.54. The van der Waals surface area contributed by atoms with Crippen molar-refractivity contribution in [1.82, 2.24) is 4.90 Å². The van der Waals surface area contributed by atoms with Gasteiger partial charge in [-0.15, -0.1) is 11.3 Å². The van der Waals surface area contributed by atoms with Gasteiger partial charge in [0.05, 0.1) is 19.2 Å². The van der Waals surface area contributed by atoms with Crippen molar-refractivity contribution in [2.24, 2.45) is 5.73 Å². The van der Waals surface area contributed by atoms with Crippen molar-refractivity contribution in [1.29, 1.82) is 0 Å². The Balaban J connectivity index is 1.45. The third-order valence-corrected chi connectivity index (χ3v) is 6.75. The first-order chi connectivity index (χ1) is 13.5. The summed E-state index contributed by atoms with van der Waals surface area (Å²) in [6.07, 6.45) is 4.92. The van der Waals surface area contributed by atoms with Crippen LogP contribution in [0.2, 0.25) is 0 Å². The molecular formula is C21H25N3O3S. The Morgan fingerprint density at radius 3 is 2.82 bits per heavy atom. The van der Waals surface area contributed by atoms with E-state index in [4.69, 9.17) is 10.5 Å². The molecular weight excluding hydrogens is 374 g/mol. The molecule has 0 unspecified atom stereocenters. The summed E-state index contributed by atoms with van der Waals surface area (Å²) in [6, 6.07) is 6.12. The molecule has 1 aliphatic heterocycles. The molecule has 148 valence electrons. The van der Waals surface area contributed by atoms with Crippen LogP contribution in [0, 0.1) is 0 Å². The Hall–Kier alpha value is -2.38. The van der Waals surface area contributed by atoms with Crippen LogP contribution in [0.5, 0.6) is 5.75 Å². The summed E-state index contributed by atoms with van der Waals surface area (Å²) in [5.74, 6) is 0.279. The maximum Gasteiger partial charge on any atom is 0.251 e. The van der Waals surface area contributed by atoms with Gasteiger partial charge in [0.1, 0.15) is 10.8 Å². The van der Waals surface area contributed by atoms with Crippen LogP contribution in [0.4, 0.5) is 5.00 Å². The number of nitrogens with one attached hydrogen (secondary N) is 1. The van der Waals surface area contributed by atoms with E-state index < -0.39 is 5.91 Å². The fourth-order valence-electron chi connectivity index (χ4n) is 4.14. The molecule has 0 bridgehead atoms. The topological polar surface area (TPSA) is 84.7 Å². The molecule has 28 heavy (non-hydrogen) atoms. The molecule has 0 spiro atoms. The normalized spacial score (nSPS) is 16.2. The SMILES string of the molecule is COc1ccc2c(c1)CN(CC(=O)Nc1sc3c(c1C(N)=O)CCCC3)CC2. The molecule has 1 aromatic heterocycles. The van der Waals surface area contributed by atoms with Crippen molar-refractivity contribution >= 4 is 28.2 Å². The predicted octanol–water partition coefficient (Wildman–Crippen LogP) is 2.73. The Bertz CT molecular complexity index is 922. The number of thiophene rings is 1. The van der Waals surface area contributed by atoms with Crippen LogP contribution in [0.3, 0.4) is 0 Å². The van der Waals surface area contributed by atoms with E-state index in [9.17, 15) is 9.59 Å². The number of methoxy groups -OCH3 is 1. The maximum atomic E-state index is 12.7. The van der Waals surface area contributed by atoms with Gasteiger partial charge in [0.15, 0.2) is 0 Å². The zero-order valence-electron chi connectivity index (χ0n) is 16.0. The van der Waals surface area contributed by atoms with E-state index in [1.807, 2.05) is 12.1 Å². The number of benzene rings is 1. The monoisotopic (exact) mass is 399 g/mol. The zero-order chi connectivity index (χ0) is 19.7. The number of hydrogen-bond donors (Lipinski definition) is 2. The van der Waals surface area contributed by atoms with Crippen LogP contribution < -0.4 is 15.8 Å². The first-order valence-corrected chi connectivity index (χ1v) is 10.5. The lowest BCUT2D eigenvalue weighted by Gasteiger charge is -2.28. The van der Waals surface area contributed by atoms with Gasteiger partial charge in [0.25, 0.3) is 5.91 Å². The lowest BCUT2D eigenvalue weighted by Crippen LogP contribution is -2.37. The quantitative estimate of drug-likeness (QED) is 0.810. The molecule has 0 saturated carbocycles. The molecule has 0 radical (unpaired) electrons. The van der Waals surface area contributed by atoms with Gasteiger partial charge in [0, 0.05) is 18.0 Å². The number of nitrogens with zero attached hydrogens (tertiary/aromatic N) is 1. The average molecular weight is 400 g/mol. The van der Waals surface area contributed by atoms with E-state index in [1.165, 1.54) is 27.3 Å². The second-order valence-corrected chi connectivity index (χ2v) is 8.53. The zero-order valence-corrected chi connectivity index (χ0v) is 16.9.